The molecule has 0 saturated carbocycles. The summed E-state index contributed by atoms with van der Waals surface area (Å²) in [5.41, 5.74) is 4.70. The van der Waals surface area contributed by atoms with Gasteiger partial charge < -0.3 is 15.4 Å². The molecule has 0 aliphatic carbocycles. The fourth-order valence-corrected chi connectivity index (χ4v) is 4.52. The van der Waals surface area contributed by atoms with Gasteiger partial charge in [0.15, 0.2) is 0 Å². The summed E-state index contributed by atoms with van der Waals surface area (Å²) < 4.78 is 5.31. The molecule has 4 rings (SSSR count). The van der Waals surface area contributed by atoms with Crippen molar-refractivity contribution in [2.24, 2.45) is 0 Å². The van der Waals surface area contributed by atoms with E-state index in [1.165, 1.54) is 16.7 Å². The molecule has 0 bridgehead atoms. The summed E-state index contributed by atoms with van der Waals surface area (Å²) in [5.74, 6) is 0.643. The van der Waals surface area contributed by atoms with E-state index in [2.05, 4.69) is 56.6 Å². The molecule has 2 N–H and O–H groups in total. The van der Waals surface area contributed by atoms with Crippen LogP contribution < -0.4 is 15.4 Å². The molecule has 5 nitrogen and oxygen atoms in total. The quantitative estimate of drug-likeness (QED) is 0.624. The first-order chi connectivity index (χ1) is 14.2. The number of rotatable bonds is 6. The number of carbonyl (C=O) groups excluding carboxylic acids is 1. The Kier molecular flexibility index (Phi) is 6.12. The summed E-state index contributed by atoms with van der Waals surface area (Å²) in [5, 5.41) is 10.2. The van der Waals surface area contributed by atoms with Gasteiger partial charge in [-0.1, -0.05) is 36.4 Å². The third kappa shape index (κ3) is 4.60. The molecule has 2 heterocycles. The maximum absolute atomic E-state index is 12.5. The van der Waals surface area contributed by atoms with Crippen molar-refractivity contribution >= 4 is 23.1 Å². The molecule has 6 heteroatoms. The number of carbonyl (C=O) groups is 1. The van der Waals surface area contributed by atoms with Gasteiger partial charge in [-0.2, -0.15) is 11.3 Å². The first-order valence-electron chi connectivity index (χ1n) is 9.75. The number of nitrogens with one attached hydrogen (secondary N) is 2. The van der Waals surface area contributed by atoms with E-state index in [1.807, 2.05) is 24.3 Å². The largest absolute Gasteiger partial charge is 0.495 e. The maximum Gasteiger partial charge on any atom is 0.319 e. The number of hydrogen-bond acceptors (Lipinski definition) is 4. The molecule has 0 radical (unpaired) electrons. The lowest BCUT2D eigenvalue weighted by molar-refractivity contribution is 0.176. The summed E-state index contributed by atoms with van der Waals surface area (Å²) in [6.07, 6.45) is 1.03. The maximum atomic E-state index is 12.5. The monoisotopic (exact) mass is 407 g/mol. The molecule has 1 aromatic heterocycles. The lowest BCUT2D eigenvalue weighted by Crippen LogP contribution is -2.41. The average Bonchev–Trinajstić information content (AvgIpc) is 3.29. The van der Waals surface area contributed by atoms with Gasteiger partial charge in [0.25, 0.3) is 0 Å². The number of nitrogens with zero attached hydrogens (tertiary/aromatic N) is 1. The molecule has 150 valence electrons. The lowest BCUT2D eigenvalue weighted by atomic mass is 9.97. The Morgan fingerprint density at radius 1 is 1.14 bits per heavy atom. The van der Waals surface area contributed by atoms with Crippen LogP contribution in [0.2, 0.25) is 0 Å². The van der Waals surface area contributed by atoms with E-state index in [4.69, 9.17) is 4.74 Å². The number of anilines is 1. The minimum atomic E-state index is -0.230. The van der Waals surface area contributed by atoms with Gasteiger partial charge >= 0.3 is 6.03 Å². The standard InChI is InChI=1S/C23H25N3O2S/c1-28-22-9-5-4-8-20(22)25-23(27)24-14-21(19-11-13-29-16-19)26-12-10-17-6-2-3-7-18(17)15-26/h2-9,11,13,16,21H,10,12,14-15H2,1H3,(H2,24,25,27). The van der Waals surface area contributed by atoms with Crippen molar-refractivity contribution in [2.75, 3.05) is 25.5 Å². The van der Waals surface area contributed by atoms with Gasteiger partial charge in [0, 0.05) is 19.6 Å². The number of hydrogen-bond donors (Lipinski definition) is 2. The van der Waals surface area contributed by atoms with E-state index in [-0.39, 0.29) is 12.1 Å². The Morgan fingerprint density at radius 2 is 1.93 bits per heavy atom. The van der Waals surface area contributed by atoms with Crippen LogP contribution in [0.1, 0.15) is 22.7 Å². The highest BCUT2D eigenvalue weighted by Gasteiger charge is 2.25. The molecular weight excluding hydrogens is 382 g/mol. The Morgan fingerprint density at radius 3 is 2.72 bits per heavy atom. The summed E-state index contributed by atoms with van der Waals surface area (Å²) in [7, 11) is 1.60. The van der Waals surface area contributed by atoms with E-state index in [0.717, 1.165) is 19.5 Å². The van der Waals surface area contributed by atoms with Crippen molar-refractivity contribution in [3.63, 3.8) is 0 Å². The van der Waals surface area contributed by atoms with Crippen LogP contribution in [0.5, 0.6) is 5.75 Å². The van der Waals surface area contributed by atoms with Gasteiger partial charge in [-0.05, 0) is 52.1 Å². The smallest absolute Gasteiger partial charge is 0.319 e. The molecule has 1 aliphatic rings. The highest BCUT2D eigenvalue weighted by Crippen LogP contribution is 2.29. The summed E-state index contributed by atoms with van der Waals surface area (Å²) in [6, 6.07) is 18.1. The second-order valence-electron chi connectivity index (χ2n) is 7.10. The van der Waals surface area contributed by atoms with E-state index in [1.54, 1.807) is 18.4 Å². The molecule has 2 amide bonds. The predicted molar refractivity (Wildman–Crippen MR) is 118 cm³/mol. The minimum Gasteiger partial charge on any atom is -0.495 e. The Balaban J connectivity index is 1.44. The van der Waals surface area contributed by atoms with Crippen LogP contribution >= 0.6 is 11.3 Å². The number of para-hydroxylation sites is 2. The predicted octanol–water partition coefficient (Wildman–Crippen LogP) is 4.68. The first-order valence-corrected chi connectivity index (χ1v) is 10.7. The van der Waals surface area contributed by atoms with Gasteiger partial charge in [0.05, 0.1) is 18.8 Å². The van der Waals surface area contributed by atoms with Crippen molar-refractivity contribution in [1.29, 1.82) is 0 Å². The summed E-state index contributed by atoms with van der Waals surface area (Å²) in [6.45, 7) is 2.42. The normalized spacial score (nSPS) is 14.7. The Bertz CT molecular complexity index is 958. The van der Waals surface area contributed by atoms with E-state index < -0.39 is 0 Å². The van der Waals surface area contributed by atoms with Crippen LogP contribution in [-0.4, -0.2) is 31.1 Å². The number of ether oxygens (including phenoxy) is 1. The third-order valence-corrected chi connectivity index (χ3v) is 6.04. The van der Waals surface area contributed by atoms with Crippen LogP contribution in [0, 0.1) is 0 Å². The molecule has 29 heavy (non-hydrogen) atoms. The first kappa shape index (κ1) is 19.5. The fourth-order valence-electron chi connectivity index (χ4n) is 3.81. The van der Waals surface area contributed by atoms with Crippen LogP contribution in [0.15, 0.2) is 65.4 Å². The zero-order chi connectivity index (χ0) is 20.1. The molecular formula is C23H25N3O2S. The SMILES string of the molecule is COc1ccccc1NC(=O)NCC(c1ccsc1)N1CCc2ccccc2C1. The average molecular weight is 408 g/mol. The highest BCUT2D eigenvalue weighted by molar-refractivity contribution is 7.08. The number of fused-ring (bicyclic) bond motifs is 1. The Hall–Kier alpha value is -2.83. The molecule has 3 aromatic rings. The van der Waals surface area contributed by atoms with Crippen LogP contribution in [0.4, 0.5) is 10.5 Å². The molecule has 2 aromatic carbocycles. The van der Waals surface area contributed by atoms with Crippen LogP contribution in [0.3, 0.4) is 0 Å². The topological polar surface area (TPSA) is 53.6 Å². The van der Waals surface area contributed by atoms with E-state index >= 15 is 0 Å². The van der Waals surface area contributed by atoms with Crippen molar-refractivity contribution in [2.45, 2.75) is 19.0 Å². The van der Waals surface area contributed by atoms with Gasteiger partial charge in [0.1, 0.15) is 5.75 Å². The molecule has 0 spiro atoms. The van der Waals surface area contributed by atoms with Crippen LogP contribution in [0.25, 0.3) is 0 Å². The molecule has 1 aliphatic heterocycles. The summed E-state index contributed by atoms with van der Waals surface area (Å²) in [4.78, 5) is 15.0. The third-order valence-electron chi connectivity index (χ3n) is 5.34. The number of amides is 2. The fraction of sp³-hybridized carbons (Fsp3) is 0.261. The zero-order valence-corrected chi connectivity index (χ0v) is 17.2. The van der Waals surface area contributed by atoms with Gasteiger partial charge in [-0.15, -0.1) is 0 Å². The van der Waals surface area contributed by atoms with Crippen molar-refractivity contribution < 1.29 is 9.53 Å². The van der Waals surface area contributed by atoms with Gasteiger partial charge in [-0.3, -0.25) is 4.90 Å². The number of benzene rings is 2. The van der Waals surface area contributed by atoms with E-state index in [0.29, 0.717) is 18.0 Å². The minimum absolute atomic E-state index is 0.137. The number of methoxy groups -OCH3 is 1. The second-order valence-corrected chi connectivity index (χ2v) is 7.88. The lowest BCUT2D eigenvalue weighted by Gasteiger charge is -2.35. The second kappa shape index (κ2) is 9.11. The highest BCUT2D eigenvalue weighted by atomic mass is 32.1. The molecule has 1 atom stereocenters. The zero-order valence-electron chi connectivity index (χ0n) is 16.4. The van der Waals surface area contributed by atoms with Gasteiger partial charge in [0.2, 0.25) is 0 Å². The van der Waals surface area contributed by atoms with Crippen molar-refractivity contribution in [3.8, 4) is 5.75 Å². The Labute approximate surface area is 175 Å². The number of urea groups is 1. The molecule has 0 fully saturated rings. The molecule has 1 unspecified atom stereocenters. The van der Waals surface area contributed by atoms with Crippen LogP contribution in [-0.2, 0) is 13.0 Å². The molecule has 0 saturated heterocycles. The van der Waals surface area contributed by atoms with Gasteiger partial charge in [-0.25, -0.2) is 4.79 Å². The summed E-state index contributed by atoms with van der Waals surface area (Å²) >= 11 is 1.69. The van der Waals surface area contributed by atoms with Crippen molar-refractivity contribution in [1.82, 2.24) is 10.2 Å². The van der Waals surface area contributed by atoms with E-state index in [9.17, 15) is 4.79 Å². The van der Waals surface area contributed by atoms with Crippen molar-refractivity contribution in [3.05, 3.63) is 82.0 Å². The number of thiophene rings is 1.